The quantitative estimate of drug-likeness (QED) is 0.185. The Morgan fingerprint density at radius 2 is 1.04 bits per heavy atom. The highest BCUT2D eigenvalue weighted by atomic mass is 32.1. The molecular formula is C43H28N2OS. The van der Waals surface area contributed by atoms with Crippen LogP contribution in [0.5, 0.6) is 0 Å². The molecule has 0 amide bonds. The van der Waals surface area contributed by atoms with Gasteiger partial charge in [-0.25, -0.2) is 4.98 Å². The predicted octanol–water partition coefficient (Wildman–Crippen LogP) is 12.7. The zero-order valence-electron chi connectivity index (χ0n) is 25.4. The van der Waals surface area contributed by atoms with Crippen molar-refractivity contribution in [3.05, 3.63) is 170 Å². The van der Waals surface area contributed by atoms with Gasteiger partial charge in [-0.1, -0.05) is 103 Å². The third-order valence-corrected chi connectivity index (χ3v) is 9.88. The van der Waals surface area contributed by atoms with Gasteiger partial charge in [0, 0.05) is 48.4 Å². The van der Waals surface area contributed by atoms with Crippen molar-refractivity contribution in [2.24, 2.45) is 0 Å². The molecule has 0 bridgehead atoms. The van der Waals surface area contributed by atoms with E-state index in [1.165, 1.54) is 31.3 Å². The minimum Gasteiger partial charge on any atom is -0.435 e. The van der Waals surface area contributed by atoms with Crippen LogP contribution in [0.3, 0.4) is 0 Å². The lowest BCUT2D eigenvalue weighted by Crippen LogP contribution is -2.09. The Morgan fingerprint density at radius 3 is 1.79 bits per heavy atom. The van der Waals surface area contributed by atoms with Crippen molar-refractivity contribution in [1.82, 2.24) is 4.98 Å². The van der Waals surface area contributed by atoms with Crippen molar-refractivity contribution in [1.29, 1.82) is 0 Å². The summed E-state index contributed by atoms with van der Waals surface area (Å²) in [6.07, 6.45) is 0. The number of fused-ring (bicyclic) bond motifs is 4. The van der Waals surface area contributed by atoms with Crippen molar-refractivity contribution in [3.8, 4) is 33.7 Å². The molecule has 0 saturated heterocycles. The highest BCUT2D eigenvalue weighted by Crippen LogP contribution is 2.42. The van der Waals surface area contributed by atoms with Crippen LogP contribution in [0.4, 0.5) is 17.1 Å². The van der Waals surface area contributed by atoms with Gasteiger partial charge in [0.15, 0.2) is 5.58 Å². The van der Waals surface area contributed by atoms with E-state index in [-0.39, 0.29) is 0 Å². The van der Waals surface area contributed by atoms with E-state index in [4.69, 9.17) is 9.40 Å². The van der Waals surface area contributed by atoms with Crippen LogP contribution in [-0.2, 0) is 0 Å². The molecule has 0 unspecified atom stereocenters. The smallest absolute Gasteiger partial charge is 0.227 e. The summed E-state index contributed by atoms with van der Waals surface area (Å²) in [5, 5.41) is 2.57. The minimum atomic E-state index is 0.631. The fraction of sp³-hybridized carbons (Fsp3) is 0. The highest BCUT2D eigenvalue weighted by Gasteiger charge is 2.17. The largest absolute Gasteiger partial charge is 0.435 e. The van der Waals surface area contributed by atoms with Gasteiger partial charge in [-0.3, -0.25) is 0 Å². The molecule has 3 nitrogen and oxygen atoms in total. The van der Waals surface area contributed by atoms with Crippen LogP contribution in [0.25, 0.3) is 65.0 Å². The lowest BCUT2D eigenvalue weighted by molar-refractivity contribution is 0.621. The fourth-order valence-electron chi connectivity index (χ4n) is 6.40. The number of rotatable bonds is 6. The van der Waals surface area contributed by atoms with Crippen LogP contribution in [0.2, 0.25) is 0 Å². The standard InChI is InChI=1S/C43H28N2OS/c1-3-10-29(11-4-1)30-18-22-33(23-19-30)45(35-26-27-41-38(28-35)37-14-7-8-17-40(37)47-41)34-24-20-31(21-25-34)36-15-9-16-39-42(36)46-43(44-39)32-12-5-2-6-13-32/h1-28H. The summed E-state index contributed by atoms with van der Waals surface area (Å²) >= 11 is 1.84. The highest BCUT2D eigenvalue weighted by molar-refractivity contribution is 7.25. The molecule has 0 saturated carbocycles. The maximum atomic E-state index is 6.35. The average Bonchev–Trinajstić information content (AvgIpc) is 3.75. The van der Waals surface area contributed by atoms with Gasteiger partial charge in [0.05, 0.1) is 0 Å². The maximum absolute atomic E-state index is 6.35. The number of hydrogen-bond acceptors (Lipinski definition) is 4. The van der Waals surface area contributed by atoms with Gasteiger partial charge in [-0.05, 0) is 83.4 Å². The number of para-hydroxylation sites is 1. The molecule has 0 fully saturated rings. The van der Waals surface area contributed by atoms with E-state index in [9.17, 15) is 0 Å². The van der Waals surface area contributed by atoms with Crippen LogP contribution < -0.4 is 4.90 Å². The average molecular weight is 621 g/mol. The Balaban J connectivity index is 1.14. The van der Waals surface area contributed by atoms with Crippen LogP contribution in [0.1, 0.15) is 0 Å². The molecule has 4 heteroatoms. The van der Waals surface area contributed by atoms with E-state index in [1.807, 2.05) is 53.8 Å². The first-order valence-corrected chi connectivity index (χ1v) is 16.5. The maximum Gasteiger partial charge on any atom is 0.227 e. The van der Waals surface area contributed by atoms with Gasteiger partial charge in [-0.2, -0.15) is 0 Å². The van der Waals surface area contributed by atoms with E-state index < -0.39 is 0 Å². The van der Waals surface area contributed by atoms with Gasteiger partial charge in [0.2, 0.25) is 5.89 Å². The van der Waals surface area contributed by atoms with Crippen LogP contribution in [-0.4, -0.2) is 4.98 Å². The summed E-state index contributed by atoms with van der Waals surface area (Å²) in [6.45, 7) is 0. The topological polar surface area (TPSA) is 29.3 Å². The molecule has 0 N–H and O–H groups in total. The van der Waals surface area contributed by atoms with Gasteiger partial charge < -0.3 is 9.32 Å². The van der Waals surface area contributed by atoms with Crippen molar-refractivity contribution >= 4 is 59.7 Å². The van der Waals surface area contributed by atoms with Crippen LogP contribution in [0, 0.1) is 0 Å². The lowest BCUT2D eigenvalue weighted by atomic mass is 10.0. The Hall–Kier alpha value is -5.97. The third-order valence-electron chi connectivity index (χ3n) is 8.72. The number of anilines is 3. The van der Waals surface area contributed by atoms with Gasteiger partial charge in [0.25, 0.3) is 0 Å². The molecule has 0 aliphatic heterocycles. The first-order chi connectivity index (χ1) is 23.3. The second-order valence-corrected chi connectivity index (χ2v) is 12.7. The number of oxazole rings is 1. The molecule has 47 heavy (non-hydrogen) atoms. The van der Waals surface area contributed by atoms with Gasteiger partial charge >= 0.3 is 0 Å². The monoisotopic (exact) mass is 620 g/mol. The van der Waals surface area contributed by atoms with E-state index in [2.05, 4.69) is 132 Å². The van der Waals surface area contributed by atoms with Crippen molar-refractivity contribution < 1.29 is 4.42 Å². The van der Waals surface area contributed by atoms with Crippen LogP contribution >= 0.6 is 11.3 Å². The summed E-state index contributed by atoms with van der Waals surface area (Å²) in [4.78, 5) is 7.13. The second kappa shape index (κ2) is 11.4. The zero-order valence-corrected chi connectivity index (χ0v) is 26.2. The normalized spacial score (nSPS) is 11.4. The molecule has 0 radical (unpaired) electrons. The molecule has 2 heterocycles. The SMILES string of the molecule is c1ccc(-c2ccc(N(c3ccc(-c4cccc5nc(-c6ccccc6)oc45)cc3)c3ccc4sc5ccccc5c4c3)cc2)cc1. The lowest BCUT2D eigenvalue weighted by Gasteiger charge is -2.26. The molecule has 7 aromatic carbocycles. The molecule has 9 aromatic rings. The number of aromatic nitrogens is 1. The van der Waals surface area contributed by atoms with Crippen LogP contribution in [0.15, 0.2) is 174 Å². The summed E-state index contributed by atoms with van der Waals surface area (Å²) in [6, 6.07) is 59.8. The van der Waals surface area contributed by atoms with Gasteiger partial charge in [-0.15, -0.1) is 11.3 Å². The van der Waals surface area contributed by atoms with Crippen molar-refractivity contribution in [2.45, 2.75) is 0 Å². The molecule has 222 valence electrons. The first-order valence-electron chi connectivity index (χ1n) is 15.7. The van der Waals surface area contributed by atoms with Crippen molar-refractivity contribution in [2.75, 3.05) is 4.90 Å². The Kier molecular flexibility index (Phi) is 6.65. The summed E-state index contributed by atoms with van der Waals surface area (Å²) in [5.74, 6) is 0.631. The molecule has 0 atom stereocenters. The first kappa shape index (κ1) is 27.3. The Morgan fingerprint density at radius 1 is 0.447 bits per heavy atom. The molecule has 0 aliphatic carbocycles. The minimum absolute atomic E-state index is 0.631. The number of nitrogens with zero attached hydrogens (tertiary/aromatic N) is 2. The van der Waals surface area contributed by atoms with E-state index in [0.29, 0.717) is 5.89 Å². The molecule has 0 aliphatic rings. The Labute approximate surface area is 276 Å². The van der Waals surface area contributed by atoms with Crippen molar-refractivity contribution in [3.63, 3.8) is 0 Å². The van der Waals surface area contributed by atoms with E-state index >= 15 is 0 Å². The molecule has 2 aromatic heterocycles. The third kappa shape index (κ3) is 4.96. The zero-order chi connectivity index (χ0) is 31.2. The molecule has 0 spiro atoms. The fourth-order valence-corrected chi connectivity index (χ4v) is 7.49. The Bertz CT molecular complexity index is 2500. The number of benzene rings is 7. The van der Waals surface area contributed by atoms with E-state index in [0.717, 1.165) is 44.9 Å². The molecular weight excluding hydrogens is 593 g/mol. The predicted molar refractivity (Wildman–Crippen MR) is 198 cm³/mol. The van der Waals surface area contributed by atoms with Gasteiger partial charge in [0.1, 0.15) is 5.52 Å². The second-order valence-electron chi connectivity index (χ2n) is 11.6. The number of thiophene rings is 1. The summed E-state index contributed by atoms with van der Waals surface area (Å²) in [5.41, 5.74) is 10.4. The number of hydrogen-bond donors (Lipinski definition) is 0. The summed E-state index contributed by atoms with van der Waals surface area (Å²) in [7, 11) is 0. The van der Waals surface area contributed by atoms with E-state index in [1.54, 1.807) is 0 Å². The summed E-state index contributed by atoms with van der Waals surface area (Å²) < 4.78 is 8.95. The molecule has 9 rings (SSSR count).